The highest BCUT2D eigenvalue weighted by Crippen LogP contribution is 2.39. The Morgan fingerprint density at radius 1 is 0.350 bits per heavy atom. The molecule has 0 saturated heterocycles. The molecule has 10 aromatic carbocycles. The van der Waals surface area contributed by atoms with Crippen LogP contribution >= 0.6 is 0 Å². The fourth-order valence-corrected chi connectivity index (χ4v) is 19.7. The van der Waals surface area contributed by atoms with Gasteiger partial charge in [-0.3, -0.25) is 0 Å². The minimum absolute atomic E-state index is 0.958. The molecule has 4 heteroatoms. The van der Waals surface area contributed by atoms with Crippen molar-refractivity contribution in [2.45, 2.75) is 0 Å². The van der Waals surface area contributed by atoms with Gasteiger partial charge in [-0.05, 0) is 102 Å². The fraction of sp³-hybridized carbons (Fsp3) is 0. The van der Waals surface area contributed by atoms with E-state index >= 15 is 0 Å². The molecule has 12 rings (SSSR count). The number of para-hydroxylation sites is 2. The lowest BCUT2D eigenvalue weighted by atomic mass is 10.0. The standard InChI is InChI=1S/C56H38NOSi2/c1-3-15-39(16-4-1)40-29-31-43(32-30-40)57(44-33-35-48-42(37-44)28-27-41-17-7-8-20-47(41)48)45-34-36-52-56(38-45)60(53-24-12-9-21-49(53)58-50-22-10-13-25-54(50)60)55-26-14-11-23-51(55)59(52)46-18-5-2-6-19-46/h1-38H. The van der Waals surface area contributed by atoms with Gasteiger partial charge >= 0.3 is 0 Å². The Bertz CT molecular complexity index is 3210. The lowest BCUT2D eigenvalue weighted by Gasteiger charge is -2.46. The molecule has 0 unspecified atom stereocenters. The van der Waals surface area contributed by atoms with Crippen molar-refractivity contribution in [3.8, 4) is 22.6 Å². The number of hydrogen-bond donors (Lipinski definition) is 0. The predicted molar refractivity (Wildman–Crippen MR) is 256 cm³/mol. The molecule has 2 nitrogen and oxygen atoms in total. The molecule has 0 atom stereocenters. The van der Waals surface area contributed by atoms with E-state index in [0.717, 1.165) is 28.6 Å². The van der Waals surface area contributed by atoms with Gasteiger partial charge in [-0.15, -0.1) is 0 Å². The van der Waals surface area contributed by atoms with Gasteiger partial charge in [0.05, 0.1) is 0 Å². The van der Waals surface area contributed by atoms with Crippen LogP contribution in [0.25, 0.3) is 32.7 Å². The highest BCUT2D eigenvalue weighted by molar-refractivity contribution is 7.27. The molecule has 0 aliphatic carbocycles. The van der Waals surface area contributed by atoms with Crippen molar-refractivity contribution in [3.05, 3.63) is 231 Å². The molecule has 60 heavy (non-hydrogen) atoms. The van der Waals surface area contributed by atoms with E-state index in [4.69, 9.17) is 4.74 Å². The van der Waals surface area contributed by atoms with Gasteiger partial charge in [0.2, 0.25) is 0 Å². The lowest BCUT2D eigenvalue weighted by molar-refractivity contribution is 0.487. The third-order valence-corrected chi connectivity index (χ3v) is 20.9. The van der Waals surface area contributed by atoms with Crippen LogP contribution in [-0.4, -0.2) is 16.9 Å². The summed E-state index contributed by atoms with van der Waals surface area (Å²) in [7, 11) is -4.36. The van der Waals surface area contributed by atoms with Crippen LogP contribution < -0.4 is 45.9 Å². The zero-order chi connectivity index (χ0) is 39.6. The van der Waals surface area contributed by atoms with Gasteiger partial charge in [0.15, 0.2) is 16.9 Å². The Hall–Kier alpha value is -7.25. The number of nitrogens with zero attached hydrogens (tertiary/aromatic N) is 1. The van der Waals surface area contributed by atoms with Crippen LogP contribution in [0, 0.1) is 0 Å². The van der Waals surface area contributed by atoms with Crippen LogP contribution in [0.4, 0.5) is 17.1 Å². The van der Waals surface area contributed by atoms with Gasteiger partial charge in [0, 0.05) is 17.1 Å². The molecule has 0 bridgehead atoms. The van der Waals surface area contributed by atoms with Crippen molar-refractivity contribution in [1.82, 2.24) is 0 Å². The van der Waals surface area contributed by atoms with Crippen molar-refractivity contribution in [3.63, 3.8) is 0 Å². The summed E-state index contributed by atoms with van der Waals surface area (Å²) < 4.78 is 6.81. The minimum atomic E-state index is -2.96. The molecule has 2 aliphatic rings. The van der Waals surface area contributed by atoms with Crippen molar-refractivity contribution < 1.29 is 4.74 Å². The van der Waals surface area contributed by atoms with Gasteiger partial charge < -0.3 is 9.64 Å². The minimum Gasteiger partial charge on any atom is -0.458 e. The highest BCUT2D eigenvalue weighted by atomic mass is 28.3. The Balaban J connectivity index is 1.15. The third kappa shape index (κ3) is 5.31. The van der Waals surface area contributed by atoms with Gasteiger partial charge in [0.1, 0.15) is 11.5 Å². The van der Waals surface area contributed by atoms with Gasteiger partial charge in [-0.25, -0.2) is 0 Å². The van der Waals surface area contributed by atoms with E-state index in [9.17, 15) is 0 Å². The number of anilines is 3. The largest absolute Gasteiger partial charge is 0.458 e. The first-order valence-electron chi connectivity index (χ1n) is 20.7. The predicted octanol–water partition coefficient (Wildman–Crippen LogP) is 9.44. The molecule has 2 heterocycles. The van der Waals surface area contributed by atoms with Crippen molar-refractivity contribution in [1.29, 1.82) is 0 Å². The number of hydrogen-bond acceptors (Lipinski definition) is 2. The molecule has 1 spiro atoms. The first kappa shape index (κ1) is 34.8. The van der Waals surface area contributed by atoms with E-state index in [1.54, 1.807) is 0 Å². The number of fused-ring (bicyclic) bond motifs is 11. The van der Waals surface area contributed by atoms with Gasteiger partial charge in [0.25, 0.3) is 0 Å². The summed E-state index contributed by atoms with van der Waals surface area (Å²) in [5.41, 5.74) is 5.79. The monoisotopic (exact) mass is 796 g/mol. The Morgan fingerprint density at radius 3 is 1.65 bits per heavy atom. The molecule has 0 amide bonds. The van der Waals surface area contributed by atoms with Crippen molar-refractivity contribution in [2.75, 3.05) is 4.90 Å². The van der Waals surface area contributed by atoms with Crippen molar-refractivity contribution in [2.24, 2.45) is 0 Å². The summed E-state index contributed by atoms with van der Waals surface area (Å²) in [5.74, 6) is 1.92. The molecule has 0 N–H and O–H groups in total. The van der Waals surface area contributed by atoms with Crippen LogP contribution in [0.1, 0.15) is 0 Å². The third-order valence-electron chi connectivity index (χ3n) is 12.6. The maximum Gasteiger partial charge on any atom is 0.188 e. The molecule has 0 aromatic heterocycles. The summed E-state index contributed by atoms with van der Waals surface area (Å²) in [6, 6.07) is 85.6. The molecule has 0 saturated carbocycles. The molecule has 1 radical (unpaired) electrons. The van der Waals surface area contributed by atoms with Crippen LogP contribution in [-0.2, 0) is 0 Å². The van der Waals surface area contributed by atoms with Gasteiger partial charge in [-0.1, -0.05) is 198 Å². The number of ether oxygens (including phenoxy) is 1. The summed E-state index contributed by atoms with van der Waals surface area (Å²) in [6.45, 7) is 0. The fourth-order valence-electron chi connectivity index (χ4n) is 10.0. The van der Waals surface area contributed by atoms with Gasteiger partial charge in [-0.2, -0.15) is 0 Å². The van der Waals surface area contributed by atoms with Crippen molar-refractivity contribution >= 4 is 91.8 Å². The van der Waals surface area contributed by atoms with E-state index in [1.165, 1.54) is 69.0 Å². The SMILES string of the molecule is c1ccc(-c2ccc(N(c3ccc4c(c3)[Si]3(c5ccccc5Oc5ccccc53)c3ccccc3[Si]4c3ccccc3)c3ccc4c(ccc5ccccc54)c3)cc2)cc1. The number of benzene rings is 10. The highest BCUT2D eigenvalue weighted by Gasteiger charge is 2.54. The van der Waals surface area contributed by atoms with E-state index in [-0.39, 0.29) is 0 Å². The Labute approximate surface area is 352 Å². The number of rotatable bonds is 5. The summed E-state index contributed by atoms with van der Waals surface area (Å²) >= 11 is 0. The maximum absolute atomic E-state index is 6.81. The lowest BCUT2D eigenvalue weighted by Crippen LogP contribution is -2.87. The smallest absolute Gasteiger partial charge is 0.188 e. The maximum atomic E-state index is 6.81. The zero-order valence-electron chi connectivity index (χ0n) is 32.8. The van der Waals surface area contributed by atoms with Crippen LogP contribution in [0.5, 0.6) is 11.5 Å². The first-order chi connectivity index (χ1) is 29.8. The summed E-state index contributed by atoms with van der Waals surface area (Å²) in [5, 5.41) is 14.9. The molecular weight excluding hydrogens is 759 g/mol. The second-order valence-corrected chi connectivity index (χ2v) is 21.9. The normalized spacial score (nSPS) is 13.5. The topological polar surface area (TPSA) is 12.5 Å². The quantitative estimate of drug-likeness (QED) is 0.127. The van der Waals surface area contributed by atoms with E-state index in [2.05, 4.69) is 235 Å². The molecule has 0 fully saturated rings. The second kappa shape index (κ2) is 14.0. The Kier molecular flexibility index (Phi) is 8.08. The molecule has 281 valence electrons. The van der Waals surface area contributed by atoms with Crippen LogP contribution in [0.2, 0.25) is 0 Å². The van der Waals surface area contributed by atoms with Crippen LogP contribution in [0.15, 0.2) is 231 Å². The molecule has 10 aromatic rings. The molecule has 2 aliphatic heterocycles. The zero-order valence-corrected chi connectivity index (χ0v) is 34.8. The second-order valence-electron chi connectivity index (χ2n) is 15.8. The Morgan fingerprint density at radius 2 is 0.883 bits per heavy atom. The van der Waals surface area contributed by atoms with Crippen LogP contribution in [0.3, 0.4) is 0 Å². The summed E-state index contributed by atoms with van der Waals surface area (Å²) in [4.78, 5) is 2.47. The molecular formula is C56H38NOSi2. The average molecular weight is 797 g/mol. The van der Waals surface area contributed by atoms with E-state index in [0.29, 0.717) is 0 Å². The first-order valence-corrected chi connectivity index (χ1v) is 24.2. The average Bonchev–Trinajstić information content (AvgIpc) is 3.32. The summed E-state index contributed by atoms with van der Waals surface area (Å²) in [6.07, 6.45) is 0. The van der Waals surface area contributed by atoms with E-state index < -0.39 is 16.9 Å². The van der Waals surface area contributed by atoms with E-state index in [1.807, 2.05) is 0 Å².